The summed E-state index contributed by atoms with van der Waals surface area (Å²) in [6.45, 7) is 1.94. The van der Waals surface area contributed by atoms with E-state index in [1.807, 2.05) is 35.2 Å². The minimum Gasteiger partial charge on any atom is -0.356 e. The molecule has 4 rings (SSSR count). The Morgan fingerprint density at radius 2 is 1.47 bits per heavy atom. The summed E-state index contributed by atoms with van der Waals surface area (Å²) in [4.78, 5) is 26.9. The van der Waals surface area contributed by atoms with Crippen molar-refractivity contribution < 1.29 is 18.4 Å². The van der Waals surface area contributed by atoms with E-state index in [2.05, 4.69) is 5.32 Å². The number of benzene rings is 3. The van der Waals surface area contributed by atoms with Crippen LogP contribution in [0.15, 0.2) is 78.9 Å². The molecule has 1 atom stereocenters. The first kappa shape index (κ1) is 25.5. The van der Waals surface area contributed by atoms with Crippen LogP contribution in [-0.4, -0.2) is 36.3 Å². The van der Waals surface area contributed by atoms with Crippen molar-refractivity contribution in [2.24, 2.45) is 5.92 Å². The van der Waals surface area contributed by atoms with Crippen LogP contribution in [-0.2, 0) is 4.79 Å². The van der Waals surface area contributed by atoms with Crippen molar-refractivity contribution >= 4 is 11.8 Å². The number of rotatable bonds is 10. The predicted molar refractivity (Wildman–Crippen MR) is 137 cm³/mol. The maximum Gasteiger partial charge on any atom is 0.253 e. The van der Waals surface area contributed by atoms with E-state index < -0.39 is 0 Å². The average molecular weight is 491 g/mol. The molecule has 0 aliphatic carbocycles. The summed E-state index contributed by atoms with van der Waals surface area (Å²) in [5.41, 5.74) is 2.65. The summed E-state index contributed by atoms with van der Waals surface area (Å²) in [6.07, 6.45) is 3.64. The number of unbranched alkanes of at least 4 members (excludes halogenated alkanes) is 1. The highest BCUT2D eigenvalue weighted by Gasteiger charge is 2.27. The van der Waals surface area contributed by atoms with Gasteiger partial charge in [0.1, 0.15) is 11.6 Å². The van der Waals surface area contributed by atoms with Crippen LogP contribution in [0, 0.1) is 17.6 Å². The monoisotopic (exact) mass is 490 g/mol. The van der Waals surface area contributed by atoms with Gasteiger partial charge in [-0.15, -0.1) is 0 Å². The molecular formula is C30H32F2N2O2. The van der Waals surface area contributed by atoms with E-state index in [9.17, 15) is 18.4 Å². The van der Waals surface area contributed by atoms with E-state index in [0.717, 1.165) is 36.8 Å². The Balaban J connectivity index is 1.20. The molecule has 1 fully saturated rings. The highest BCUT2D eigenvalue weighted by molar-refractivity contribution is 5.94. The molecule has 1 heterocycles. The number of hydrogen-bond acceptors (Lipinski definition) is 2. The van der Waals surface area contributed by atoms with Gasteiger partial charge in [-0.25, -0.2) is 8.78 Å². The lowest BCUT2D eigenvalue weighted by molar-refractivity contribution is -0.121. The van der Waals surface area contributed by atoms with Crippen LogP contribution in [0.25, 0.3) is 0 Å². The van der Waals surface area contributed by atoms with Crippen LogP contribution in [0.5, 0.6) is 0 Å². The minimum absolute atomic E-state index is 0.0147. The molecule has 1 unspecified atom stereocenters. The zero-order valence-corrected chi connectivity index (χ0v) is 20.3. The van der Waals surface area contributed by atoms with Gasteiger partial charge in [-0.1, -0.05) is 48.9 Å². The van der Waals surface area contributed by atoms with Crippen molar-refractivity contribution in [1.29, 1.82) is 0 Å². The van der Waals surface area contributed by atoms with Gasteiger partial charge in [0.25, 0.3) is 5.91 Å². The molecule has 1 aliphatic heterocycles. The largest absolute Gasteiger partial charge is 0.356 e. The molecule has 188 valence electrons. The van der Waals surface area contributed by atoms with E-state index in [0.29, 0.717) is 31.6 Å². The Labute approximate surface area is 211 Å². The van der Waals surface area contributed by atoms with Crippen molar-refractivity contribution in [3.8, 4) is 0 Å². The van der Waals surface area contributed by atoms with Crippen molar-refractivity contribution in [3.05, 3.63) is 107 Å². The summed E-state index contributed by atoms with van der Waals surface area (Å²) in [6, 6.07) is 22.1. The molecule has 2 amide bonds. The highest BCUT2D eigenvalue weighted by atomic mass is 19.1. The maximum atomic E-state index is 13.4. The Morgan fingerprint density at radius 1 is 0.861 bits per heavy atom. The molecule has 1 saturated heterocycles. The number of nitrogens with zero attached hydrogens (tertiary/aromatic N) is 1. The lowest BCUT2D eigenvalue weighted by Gasteiger charge is -2.18. The van der Waals surface area contributed by atoms with Gasteiger partial charge in [-0.3, -0.25) is 9.59 Å². The molecule has 0 saturated carbocycles. The molecule has 0 spiro atoms. The standard InChI is InChI=1S/C30H32F2N2O2/c31-26-14-10-23(11-15-26)28(24-12-16-27(32)17-13-24)8-4-5-9-29(35)33-20-22-18-19-34(21-22)30(36)25-6-2-1-3-7-25/h1-3,6-7,10-17,22,28H,4-5,8-9,18-21H2,(H,33,35). The van der Waals surface area contributed by atoms with Crippen LogP contribution < -0.4 is 5.32 Å². The molecular weight excluding hydrogens is 458 g/mol. The molecule has 36 heavy (non-hydrogen) atoms. The summed E-state index contributed by atoms with van der Waals surface area (Å²) >= 11 is 0. The average Bonchev–Trinajstić information content (AvgIpc) is 3.38. The van der Waals surface area contributed by atoms with Crippen molar-refractivity contribution in [2.45, 2.75) is 38.0 Å². The van der Waals surface area contributed by atoms with E-state index >= 15 is 0 Å². The van der Waals surface area contributed by atoms with E-state index in [-0.39, 0.29) is 35.3 Å². The van der Waals surface area contributed by atoms with Crippen LogP contribution >= 0.6 is 0 Å². The number of amides is 2. The van der Waals surface area contributed by atoms with E-state index in [4.69, 9.17) is 0 Å². The summed E-state index contributed by atoms with van der Waals surface area (Å²) in [5.74, 6) is -0.237. The quantitative estimate of drug-likeness (QED) is 0.358. The second-order valence-corrected chi connectivity index (χ2v) is 9.48. The third-order valence-electron chi connectivity index (χ3n) is 6.87. The van der Waals surface area contributed by atoms with Crippen LogP contribution in [0.2, 0.25) is 0 Å². The number of carbonyl (C=O) groups excluding carboxylic acids is 2. The van der Waals surface area contributed by atoms with Crippen molar-refractivity contribution in [1.82, 2.24) is 10.2 Å². The van der Waals surface area contributed by atoms with Gasteiger partial charge in [-0.2, -0.15) is 0 Å². The van der Waals surface area contributed by atoms with E-state index in [1.54, 1.807) is 24.3 Å². The smallest absolute Gasteiger partial charge is 0.253 e. The first-order valence-electron chi connectivity index (χ1n) is 12.6. The number of nitrogens with one attached hydrogen (secondary N) is 1. The first-order chi connectivity index (χ1) is 17.5. The van der Waals surface area contributed by atoms with Crippen LogP contribution in [0.4, 0.5) is 8.78 Å². The second kappa shape index (κ2) is 12.4. The van der Waals surface area contributed by atoms with Gasteiger partial charge < -0.3 is 10.2 Å². The van der Waals surface area contributed by atoms with Crippen molar-refractivity contribution in [2.75, 3.05) is 19.6 Å². The fourth-order valence-corrected chi connectivity index (χ4v) is 4.84. The van der Waals surface area contributed by atoms with Gasteiger partial charge in [-0.05, 0) is 72.7 Å². The molecule has 3 aromatic rings. The summed E-state index contributed by atoms with van der Waals surface area (Å²) in [5, 5.41) is 3.03. The van der Waals surface area contributed by atoms with Gasteiger partial charge in [0.2, 0.25) is 5.91 Å². The lowest BCUT2D eigenvalue weighted by Crippen LogP contribution is -2.33. The van der Waals surface area contributed by atoms with Crippen LogP contribution in [0.3, 0.4) is 0 Å². The van der Waals surface area contributed by atoms with Gasteiger partial charge in [0.05, 0.1) is 0 Å². The number of halogens is 2. The molecule has 0 aromatic heterocycles. The number of hydrogen-bond donors (Lipinski definition) is 1. The highest BCUT2D eigenvalue weighted by Crippen LogP contribution is 2.30. The lowest BCUT2D eigenvalue weighted by atomic mass is 9.87. The topological polar surface area (TPSA) is 49.4 Å². The zero-order chi connectivity index (χ0) is 25.3. The molecule has 0 radical (unpaired) electrons. The molecule has 1 aliphatic rings. The Bertz CT molecular complexity index is 1090. The molecule has 6 heteroatoms. The summed E-state index contributed by atoms with van der Waals surface area (Å²) in [7, 11) is 0. The fraction of sp³-hybridized carbons (Fsp3) is 0.333. The third kappa shape index (κ3) is 7.00. The first-order valence-corrected chi connectivity index (χ1v) is 12.6. The van der Waals surface area contributed by atoms with Gasteiger partial charge in [0.15, 0.2) is 0 Å². The van der Waals surface area contributed by atoms with Gasteiger partial charge in [0, 0.05) is 37.5 Å². The Kier molecular flexibility index (Phi) is 8.82. The normalized spacial score (nSPS) is 15.3. The Morgan fingerprint density at radius 3 is 2.08 bits per heavy atom. The van der Waals surface area contributed by atoms with E-state index in [1.165, 1.54) is 24.3 Å². The molecule has 3 aromatic carbocycles. The minimum atomic E-state index is -0.289. The maximum absolute atomic E-state index is 13.4. The Hall–Kier alpha value is -3.54. The SMILES string of the molecule is O=C(CCCCC(c1ccc(F)cc1)c1ccc(F)cc1)NCC1CCN(C(=O)c2ccccc2)C1. The number of carbonyl (C=O) groups is 2. The number of likely N-dealkylation sites (tertiary alicyclic amines) is 1. The summed E-state index contributed by atoms with van der Waals surface area (Å²) < 4.78 is 26.8. The van der Waals surface area contributed by atoms with Crippen molar-refractivity contribution in [3.63, 3.8) is 0 Å². The van der Waals surface area contributed by atoms with Crippen LogP contribution in [0.1, 0.15) is 59.5 Å². The predicted octanol–water partition coefficient (Wildman–Crippen LogP) is 5.94. The third-order valence-corrected chi connectivity index (χ3v) is 6.87. The fourth-order valence-electron chi connectivity index (χ4n) is 4.84. The molecule has 0 bridgehead atoms. The molecule has 4 nitrogen and oxygen atoms in total. The zero-order valence-electron chi connectivity index (χ0n) is 20.3. The molecule has 1 N–H and O–H groups in total. The van der Waals surface area contributed by atoms with Gasteiger partial charge >= 0.3 is 0 Å². The second-order valence-electron chi connectivity index (χ2n) is 9.48.